The van der Waals surface area contributed by atoms with E-state index >= 15 is 0 Å². The summed E-state index contributed by atoms with van der Waals surface area (Å²) in [6, 6.07) is 3.79. The lowest BCUT2D eigenvalue weighted by atomic mass is 10.1. The molecule has 2 aromatic rings. The van der Waals surface area contributed by atoms with Crippen LogP contribution in [0.25, 0.3) is 0 Å². The molecule has 27 heavy (non-hydrogen) atoms. The molecule has 2 rings (SSSR count). The van der Waals surface area contributed by atoms with Gasteiger partial charge in [0.15, 0.2) is 17.5 Å². The zero-order chi connectivity index (χ0) is 19.8. The SMILES string of the molecule is CCNC(=NCc1ccc(OC)c(OC)c1OC)NCc1sc(C)nc1C. The quantitative estimate of drug-likeness (QED) is 0.531. The molecule has 0 radical (unpaired) electrons. The predicted octanol–water partition coefficient (Wildman–Crippen LogP) is 3.04. The highest BCUT2D eigenvalue weighted by molar-refractivity contribution is 7.11. The number of rotatable bonds is 8. The van der Waals surface area contributed by atoms with Crippen molar-refractivity contribution in [2.75, 3.05) is 27.9 Å². The lowest BCUT2D eigenvalue weighted by molar-refractivity contribution is 0.322. The van der Waals surface area contributed by atoms with E-state index in [1.54, 1.807) is 32.7 Å². The van der Waals surface area contributed by atoms with Gasteiger partial charge in [-0.2, -0.15) is 0 Å². The van der Waals surface area contributed by atoms with E-state index in [1.165, 1.54) is 4.88 Å². The van der Waals surface area contributed by atoms with Gasteiger partial charge >= 0.3 is 0 Å². The molecule has 148 valence electrons. The van der Waals surface area contributed by atoms with Crippen molar-refractivity contribution in [3.8, 4) is 17.2 Å². The lowest BCUT2D eigenvalue weighted by Gasteiger charge is -2.15. The number of hydrogen-bond donors (Lipinski definition) is 2. The Kier molecular flexibility index (Phi) is 7.72. The number of nitrogens with zero attached hydrogens (tertiary/aromatic N) is 2. The van der Waals surface area contributed by atoms with E-state index in [4.69, 9.17) is 14.2 Å². The van der Waals surface area contributed by atoms with Crippen molar-refractivity contribution in [2.45, 2.75) is 33.9 Å². The fraction of sp³-hybridized carbons (Fsp3) is 0.474. The number of ether oxygens (including phenoxy) is 3. The fourth-order valence-electron chi connectivity index (χ4n) is 2.70. The third kappa shape index (κ3) is 5.26. The molecule has 0 saturated heterocycles. The highest BCUT2D eigenvalue weighted by Crippen LogP contribution is 2.39. The van der Waals surface area contributed by atoms with E-state index < -0.39 is 0 Å². The lowest BCUT2D eigenvalue weighted by Crippen LogP contribution is -2.36. The van der Waals surface area contributed by atoms with Crippen LogP contribution in [0.5, 0.6) is 17.2 Å². The van der Waals surface area contributed by atoms with Crippen LogP contribution < -0.4 is 24.8 Å². The minimum absolute atomic E-state index is 0.444. The van der Waals surface area contributed by atoms with Gasteiger partial charge in [0.1, 0.15) is 0 Å². The molecular weight excluding hydrogens is 364 g/mol. The van der Waals surface area contributed by atoms with Gasteiger partial charge in [0.05, 0.1) is 45.1 Å². The van der Waals surface area contributed by atoms with Gasteiger partial charge in [0, 0.05) is 17.0 Å². The molecule has 0 atom stereocenters. The van der Waals surface area contributed by atoms with Crippen molar-refractivity contribution in [1.82, 2.24) is 15.6 Å². The van der Waals surface area contributed by atoms with Crippen LogP contribution in [0.3, 0.4) is 0 Å². The van der Waals surface area contributed by atoms with Gasteiger partial charge in [-0.05, 0) is 32.9 Å². The van der Waals surface area contributed by atoms with Crippen molar-refractivity contribution in [3.63, 3.8) is 0 Å². The Balaban J connectivity index is 2.17. The maximum Gasteiger partial charge on any atom is 0.203 e. The summed E-state index contributed by atoms with van der Waals surface area (Å²) in [4.78, 5) is 10.3. The minimum atomic E-state index is 0.444. The zero-order valence-electron chi connectivity index (χ0n) is 16.8. The molecule has 0 aliphatic heterocycles. The summed E-state index contributed by atoms with van der Waals surface area (Å²) in [6.07, 6.45) is 0. The highest BCUT2D eigenvalue weighted by atomic mass is 32.1. The Morgan fingerprint density at radius 1 is 1.07 bits per heavy atom. The van der Waals surface area contributed by atoms with Crippen molar-refractivity contribution in [2.24, 2.45) is 4.99 Å². The Labute approximate surface area is 164 Å². The largest absolute Gasteiger partial charge is 0.493 e. The average molecular weight is 393 g/mol. The van der Waals surface area contributed by atoms with Gasteiger partial charge in [-0.25, -0.2) is 9.98 Å². The summed E-state index contributed by atoms with van der Waals surface area (Å²) in [5.74, 6) is 2.56. The second kappa shape index (κ2) is 10.0. The number of methoxy groups -OCH3 is 3. The molecule has 0 bridgehead atoms. The highest BCUT2D eigenvalue weighted by Gasteiger charge is 2.15. The van der Waals surface area contributed by atoms with Crippen LogP contribution in [-0.4, -0.2) is 38.8 Å². The second-order valence-corrected chi connectivity index (χ2v) is 7.07. The average Bonchev–Trinajstić information content (AvgIpc) is 3.00. The summed E-state index contributed by atoms with van der Waals surface area (Å²) in [7, 11) is 4.81. The number of nitrogens with one attached hydrogen (secondary N) is 2. The summed E-state index contributed by atoms with van der Waals surface area (Å²) < 4.78 is 16.3. The Morgan fingerprint density at radius 2 is 1.81 bits per heavy atom. The monoisotopic (exact) mass is 392 g/mol. The Bertz CT molecular complexity index is 790. The molecule has 0 amide bonds. The van der Waals surface area contributed by atoms with E-state index in [0.717, 1.165) is 28.8 Å². The molecule has 7 nitrogen and oxygen atoms in total. The van der Waals surface area contributed by atoms with E-state index in [9.17, 15) is 0 Å². The van der Waals surface area contributed by atoms with Gasteiger partial charge in [0.25, 0.3) is 0 Å². The standard InChI is InChI=1S/C19H28N4O3S/c1-7-20-19(22-11-16-12(2)23-13(3)27-16)21-10-14-8-9-15(24-4)18(26-6)17(14)25-5/h8-9H,7,10-11H2,1-6H3,(H2,20,21,22). The van der Waals surface area contributed by atoms with Crippen molar-refractivity contribution in [1.29, 1.82) is 0 Å². The summed E-state index contributed by atoms with van der Waals surface area (Å²) in [5.41, 5.74) is 1.97. The van der Waals surface area contributed by atoms with Crippen LogP contribution in [-0.2, 0) is 13.1 Å². The van der Waals surface area contributed by atoms with Gasteiger partial charge in [-0.3, -0.25) is 0 Å². The molecule has 1 aromatic carbocycles. The number of aromatic nitrogens is 1. The normalized spacial score (nSPS) is 11.3. The maximum atomic E-state index is 5.53. The Hall–Kier alpha value is -2.48. The number of thiazole rings is 1. The fourth-order valence-corrected chi connectivity index (χ4v) is 3.57. The summed E-state index contributed by atoms with van der Waals surface area (Å²) in [6.45, 7) is 7.99. The van der Waals surface area contributed by atoms with Crippen molar-refractivity contribution >= 4 is 17.3 Å². The van der Waals surface area contributed by atoms with E-state index in [-0.39, 0.29) is 0 Å². The first kappa shape index (κ1) is 20.8. The number of guanidine groups is 1. The second-order valence-electron chi connectivity index (χ2n) is 5.78. The summed E-state index contributed by atoms with van der Waals surface area (Å²) >= 11 is 1.70. The number of aliphatic imine (C=N–C) groups is 1. The topological polar surface area (TPSA) is 77.0 Å². The van der Waals surface area contributed by atoms with Crippen molar-refractivity contribution in [3.05, 3.63) is 33.3 Å². The number of hydrogen-bond acceptors (Lipinski definition) is 6. The van der Waals surface area contributed by atoms with Crippen LogP contribution in [0.4, 0.5) is 0 Å². The molecule has 0 unspecified atom stereocenters. The molecular formula is C19H28N4O3S. The van der Waals surface area contributed by atoms with Crippen LogP contribution in [0.1, 0.15) is 28.1 Å². The molecule has 0 aliphatic rings. The molecule has 8 heteroatoms. The summed E-state index contributed by atoms with van der Waals surface area (Å²) in [5, 5.41) is 7.70. The van der Waals surface area contributed by atoms with Gasteiger partial charge in [-0.15, -0.1) is 11.3 Å². The maximum absolute atomic E-state index is 5.53. The molecule has 1 aromatic heterocycles. The molecule has 0 aliphatic carbocycles. The van der Waals surface area contributed by atoms with Crippen LogP contribution in [0.15, 0.2) is 17.1 Å². The van der Waals surface area contributed by atoms with Crippen LogP contribution >= 0.6 is 11.3 Å². The number of benzene rings is 1. The van der Waals surface area contributed by atoms with Crippen LogP contribution in [0.2, 0.25) is 0 Å². The smallest absolute Gasteiger partial charge is 0.203 e. The molecule has 0 saturated carbocycles. The molecule has 1 heterocycles. The molecule has 0 spiro atoms. The molecule has 0 fully saturated rings. The first-order chi connectivity index (χ1) is 13.0. The molecule has 2 N–H and O–H groups in total. The van der Waals surface area contributed by atoms with E-state index in [1.807, 2.05) is 32.9 Å². The first-order valence-electron chi connectivity index (χ1n) is 8.76. The van der Waals surface area contributed by atoms with E-state index in [2.05, 4.69) is 20.6 Å². The predicted molar refractivity (Wildman–Crippen MR) is 109 cm³/mol. The zero-order valence-corrected chi connectivity index (χ0v) is 17.6. The first-order valence-corrected chi connectivity index (χ1v) is 9.58. The van der Waals surface area contributed by atoms with Gasteiger partial charge in [-0.1, -0.05) is 0 Å². The third-order valence-corrected chi connectivity index (χ3v) is 5.03. The van der Waals surface area contributed by atoms with E-state index in [0.29, 0.717) is 30.3 Å². The minimum Gasteiger partial charge on any atom is -0.493 e. The Morgan fingerprint density at radius 3 is 2.37 bits per heavy atom. The third-order valence-electron chi connectivity index (χ3n) is 3.95. The van der Waals surface area contributed by atoms with Gasteiger partial charge in [0.2, 0.25) is 5.75 Å². The number of aryl methyl sites for hydroxylation is 2. The van der Waals surface area contributed by atoms with Crippen LogP contribution in [0, 0.1) is 13.8 Å². The van der Waals surface area contributed by atoms with Gasteiger partial charge < -0.3 is 24.8 Å². The van der Waals surface area contributed by atoms with Crippen molar-refractivity contribution < 1.29 is 14.2 Å².